The predicted molar refractivity (Wildman–Crippen MR) is 79.4 cm³/mol. The Bertz CT molecular complexity index is 418. The fourth-order valence-corrected chi connectivity index (χ4v) is 2.58. The predicted octanol–water partition coefficient (Wildman–Crippen LogP) is 2.84. The molecule has 4 heteroatoms. The molecule has 1 aromatic carbocycles. The van der Waals surface area contributed by atoms with Crippen molar-refractivity contribution < 1.29 is 0 Å². The highest BCUT2D eigenvalue weighted by molar-refractivity contribution is 6.31. The van der Waals surface area contributed by atoms with Gasteiger partial charge in [-0.15, -0.1) is 0 Å². The highest BCUT2D eigenvalue weighted by atomic mass is 35.5. The van der Waals surface area contributed by atoms with E-state index in [4.69, 9.17) is 17.3 Å². The molecule has 0 radical (unpaired) electrons. The number of halogens is 1. The van der Waals surface area contributed by atoms with Gasteiger partial charge >= 0.3 is 0 Å². The van der Waals surface area contributed by atoms with E-state index < -0.39 is 0 Å². The number of nitrogen functional groups attached to an aromatic ring is 1. The summed E-state index contributed by atoms with van der Waals surface area (Å²) in [5.74, 6) is 0. The average molecular weight is 268 g/mol. The van der Waals surface area contributed by atoms with Crippen LogP contribution in [0.4, 0.5) is 11.4 Å². The summed E-state index contributed by atoms with van der Waals surface area (Å²) in [6.07, 6.45) is 0. The average Bonchev–Trinajstić information content (AvgIpc) is 2.31. The second kappa shape index (κ2) is 4.98. The number of piperazine rings is 1. The molecule has 1 fully saturated rings. The van der Waals surface area contributed by atoms with E-state index in [0.717, 1.165) is 42.6 Å². The highest BCUT2D eigenvalue weighted by Crippen LogP contribution is 2.28. The van der Waals surface area contributed by atoms with E-state index in [9.17, 15) is 0 Å². The Labute approximate surface area is 115 Å². The molecule has 1 aliphatic rings. The van der Waals surface area contributed by atoms with E-state index in [1.165, 1.54) is 0 Å². The first-order valence-electron chi connectivity index (χ1n) is 6.43. The second-order valence-electron chi connectivity index (χ2n) is 5.85. The van der Waals surface area contributed by atoms with E-state index in [1.54, 1.807) is 0 Å². The zero-order valence-corrected chi connectivity index (χ0v) is 12.2. The molecular weight excluding hydrogens is 246 g/mol. The maximum atomic E-state index is 6.04. The van der Waals surface area contributed by atoms with Crippen LogP contribution in [-0.2, 0) is 0 Å². The zero-order chi connectivity index (χ0) is 13.3. The van der Waals surface area contributed by atoms with Gasteiger partial charge in [-0.25, -0.2) is 0 Å². The molecule has 1 aromatic rings. The maximum Gasteiger partial charge on any atom is 0.0615 e. The van der Waals surface area contributed by atoms with Crippen LogP contribution in [0, 0.1) is 0 Å². The van der Waals surface area contributed by atoms with Crippen LogP contribution in [0.15, 0.2) is 18.2 Å². The lowest BCUT2D eigenvalue weighted by molar-refractivity contribution is 0.128. The van der Waals surface area contributed by atoms with Gasteiger partial charge < -0.3 is 10.6 Å². The number of hydrogen-bond donors (Lipinski definition) is 1. The highest BCUT2D eigenvalue weighted by Gasteiger charge is 2.26. The Kier molecular flexibility index (Phi) is 3.74. The number of anilines is 2. The van der Waals surface area contributed by atoms with Gasteiger partial charge in [0.15, 0.2) is 0 Å². The van der Waals surface area contributed by atoms with Gasteiger partial charge in [0.05, 0.1) is 11.4 Å². The molecule has 0 bridgehead atoms. The minimum atomic E-state index is 0.242. The Hall–Kier alpha value is -0.930. The molecule has 2 rings (SSSR count). The van der Waals surface area contributed by atoms with Crippen molar-refractivity contribution in [1.82, 2.24) is 4.90 Å². The van der Waals surface area contributed by atoms with E-state index in [0.29, 0.717) is 0 Å². The smallest absolute Gasteiger partial charge is 0.0615 e. The van der Waals surface area contributed by atoms with Crippen LogP contribution in [0.25, 0.3) is 0 Å². The van der Waals surface area contributed by atoms with Gasteiger partial charge in [0.1, 0.15) is 0 Å². The number of rotatable bonds is 1. The van der Waals surface area contributed by atoms with Crippen molar-refractivity contribution >= 4 is 23.0 Å². The van der Waals surface area contributed by atoms with Crippen molar-refractivity contribution in [3.63, 3.8) is 0 Å². The van der Waals surface area contributed by atoms with Crippen LogP contribution in [0.2, 0.25) is 5.02 Å². The van der Waals surface area contributed by atoms with Crippen LogP contribution in [0.3, 0.4) is 0 Å². The summed E-state index contributed by atoms with van der Waals surface area (Å²) in [7, 11) is 0. The van der Waals surface area contributed by atoms with E-state index in [-0.39, 0.29) is 5.54 Å². The van der Waals surface area contributed by atoms with Crippen molar-refractivity contribution in [2.24, 2.45) is 0 Å². The standard InChI is InChI=1S/C14H22ClN3/c1-14(2,3)18-8-6-17(7-9-18)13-10-11(15)4-5-12(13)16/h4-5,10H,6-9,16H2,1-3H3. The molecule has 0 saturated carbocycles. The molecular formula is C14H22ClN3. The number of hydrogen-bond acceptors (Lipinski definition) is 3. The third kappa shape index (κ3) is 2.90. The summed E-state index contributed by atoms with van der Waals surface area (Å²) >= 11 is 6.04. The monoisotopic (exact) mass is 267 g/mol. The Balaban J connectivity index is 2.08. The zero-order valence-electron chi connectivity index (χ0n) is 11.4. The number of nitrogens with two attached hydrogens (primary N) is 1. The van der Waals surface area contributed by atoms with Crippen LogP contribution in [-0.4, -0.2) is 36.6 Å². The van der Waals surface area contributed by atoms with E-state index >= 15 is 0 Å². The van der Waals surface area contributed by atoms with Gasteiger partial charge in [-0.3, -0.25) is 4.90 Å². The van der Waals surface area contributed by atoms with Crippen LogP contribution in [0.1, 0.15) is 20.8 Å². The van der Waals surface area contributed by atoms with Crippen molar-refractivity contribution in [3.05, 3.63) is 23.2 Å². The van der Waals surface area contributed by atoms with Gasteiger partial charge in [-0.2, -0.15) is 0 Å². The van der Waals surface area contributed by atoms with Gasteiger partial charge in [0.25, 0.3) is 0 Å². The third-order valence-corrected chi connectivity index (χ3v) is 3.80. The molecule has 0 aliphatic carbocycles. The lowest BCUT2D eigenvalue weighted by Gasteiger charge is -2.43. The maximum absolute atomic E-state index is 6.04. The molecule has 0 unspecified atom stereocenters. The molecule has 1 heterocycles. The fourth-order valence-electron chi connectivity index (χ4n) is 2.41. The summed E-state index contributed by atoms with van der Waals surface area (Å²) in [6.45, 7) is 10.9. The summed E-state index contributed by atoms with van der Waals surface area (Å²) in [4.78, 5) is 4.83. The SMILES string of the molecule is CC(C)(C)N1CCN(c2cc(Cl)ccc2N)CC1. The Morgan fingerprint density at radius 2 is 1.72 bits per heavy atom. The normalized spacial score (nSPS) is 18.1. The quantitative estimate of drug-likeness (QED) is 0.795. The second-order valence-corrected chi connectivity index (χ2v) is 6.28. The first kappa shape index (κ1) is 13.5. The van der Waals surface area contributed by atoms with Gasteiger partial charge in [-0.05, 0) is 39.0 Å². The van der Waals surface area contributed by atoms with E-state index in [2.05, 4.69) is 30.6 Å². The number of benzene rings is 1. The van der Waals surface area contributed by atoms with Crippen LogP contribution < -0.4 is 10.6 Å². The summed E-state index contributed by atoms with van der Waals surface area (Å²) in [6, 6.07) is 5.68. The summed E-state index contributed by atoms with van der Waals surface area (Å²) in [5, 5.41) is 0.748. The molecule has 0 atom stereocenters. The lowest BCUT2D eigenvalue weighted by Crippen LogP contribution is -2.53. The number of nitrogens with zero attached hydrogens (tertiary/aromatic N) is 2. The minimum Gasteiger partial charge on any atom is -0.397 e. The minimum absolute atomic E-state index is 0.242. The van der Waals surface area contributed by atoms with Gasteiger partial charge in [0, 0.05) is 36.7 Å². The molecule has 2 N–H and O–H groups in total. The first-order valence-corrected chi connectivity index (χ1v) is 6.81. The topological polar surface area (TPSA) is 32.5 Å². The molecule has 1 aliphatic heterocycles. The molecule has 0 spiro atoms. The van der Waals surface area contributed by atoms with Crippen molar-refractivity contribution in [3.8, 4) is 0 Å². The first-order chi connectivity index (χ1) is 8.38. The van der Waals surface area contributed by atoms with Crippen molar-refractivity contribution in [2.45, 2.75) is 26.3 Å². The van der Waals surface area contributed by atoms with Gasteiger partial charge in [0.2, 0.25) is 0 Å². The summed E-state index contributed by atoms with van der Waals surface area (Å²) < 4.78 is 0. The lowest BCUT2D eigenvalue weighted by atomic mass is 10.0. The van der Waals surface area contributed by atoms with Crippen LogP contribution >= 0.6 is 11.6 Å². The Morgan fingerprint density at radius 1 is 1.11 bits per heavy atom. The third-order valence-electron chi connectivity index (χ3n) is 3.56. The van der Waals surface area contributed by atoms with E-state index in [1.807, 2.05) is 18.2 Å². The molecule has 0 amide bonds. The molecule has 3 nitrogen and oxygen atoms in total. The molecule has 100 valence electrons. The fraction of sp³-hybridized carbons (Fsp3) is 0.571. The Morgan fingerprint density at radius 3 is 2.28 bits per heavy atom. The molecule has 1 saturated heterocycles. The largest absolute Gasteiger partial charge is 0.397 e. The molecule has 0 aromatic heterocycles. The summed E-state index contributed by atoms with van der Waals surface area (Å²) in [5.41, 5.74) is 8.14. The van der Waals surface area contributed by atoms with Crippen molar-refractivity contribution in [2.75, 3.05) is 36.8 Å². The molecule has 18 heavy (non-hydrogen) atoms. The van der Waals surface area contributed by atoms with Crippen molar-refractivity contribution in [1.29, 1.82) is 0 Å². The van der Waals surface area contributed by atoms with Crippen LogP contribution in [0.5, 0.6) is 0 Å². The van der Waals surface area contributed by atoms with Gasteiger partial charge in [-0.1, -0.05) is 11.6 Å².